The molecular weight excluding hydrogens is 182 g/mol. The first kappa shape index (κ1) is 11.6. The summed E-state index contributed by atoms with van der Waals surface area (Å²) in [5.41, 5.74) is 0. The second-order valence-electron chi connectivity index (χ2n) is 3.61. The predicted molar refractivity (Wildman–Crippen MR) is 55.2 cm³/mol. The Morgan fingerprint density at radius 1 is 1.07 bits per heavy atom. The van der Waals surface area contributed by atoms with Crippen molar-refractivity contribution in [3.05, 3.63) is 4.91 Å². The average molecular weight is 201 g/mol. The second kappa shape index (κ2) is 6.86. The summed E-state index contributed by atoms with van der Waals surface area (Å²) in [4.78, 5) is 14.5. The minimum Gasteiger partial charge on any atom is -0.395 e. The zero-order valence-electron chi connectivity index (χ0n) is 8.56. The summed E-state index contributed by atoms with van der Waals surface area (Å²) in [6, 6.07) is 0. The maximum absolute atomic E-state index is 9.88. The first-order valence-electron chi connectivity index (χ1n) is 5.21. The largest absolute Gasteiger partial charge is 0.395 e. The van der Waals surface area contributed by atoms with Crippen LogP contribution < -0.4 is 0 Å². The maximum atomic E-state index is 9.88. The summed E-state index contributed by atoms with van der Waals surface area (Å²) in [6.45, 7) is 6.55. The van der Waals surface area contributed by atoms with Crippen LogP contribution in [0.5, 0.6) is 0 Å². The van der Waals surface area contributed by atoms with Gasteiger partial charge in [0.15, 0.2) is 0 Å². The molecular formula is C9H19N3O2. The van der Waals surface area contributed by atoms with E-state index in [9.17, 15) is 4.91 Å². The fourth-order valence-corrected chi connectivity index (χ4v) is 1.74. The maximum Gasteiger partial charge on any atom is 0.0823 e. The molecule has 1 aliphatic rings. The molecule has 1 N–H and O–H groups in total. The van der Waals surface area contributed by atoms with E-state index in [0.29, 0.717) is 6.54 Å². The van der Waals surface area contributed by atoms with Crippen LogP contribution in [0.2, 0.25) is 0 Å². The molecule has 0 bridgehead atoms. The Bertz CT molecular complexity index is 158. The van der Waals surface area contributed by atoms with Crippen molar-refractivity contribution >= 4 is 0 Å². The number of rotatable bonds is 6. The van der Waals surface area contributed by atoms with Crippen LogP contribution in [0.4, 0.5) is 0 Å². The van der Waals surface area contributed by atoms with E-state index in [1.165, 1.54) is 0 Å². The topological polar surface area (TPSA) is 56.1 Å². The molecule has 1 aliphatic heterocycles. The zero-order chi connectivity index (χ0) is 10.2. The number of nitroso groups, excluding NO2 is 1. The Balaban J connectivity index is 2.06. The van der Waals surface area contributed by atoms with Gasteiger partial charge in [-0.15, -0.1) is 0 Å². The summed E-state index contributed by atoms with van der Waals surface area (Å²) >= 11 is 0. The molecule has 0 amide bonds. The molecule has 1 fully saturated rings. The predicted octanol–water partition coefficient (Wildman–Crippen LogP) is -0.247. The van der Waals surface area contributed by atoms with Gasteiger partial charge in [0.05, 0.1) is 13.2 Å². The van der Waals surface area contributed by atoms with E-state index in [1.54, 1.807) is 0 Å². The summed E-state index contributed by atoms with van der Waals surface area (Å²) in [5.74, 6) is 0. The molecule has 0 aliphatic carbocycles. The first-order valence-corrected chi connectivity index (χ1v) is 5.21. The van der Waals surface area contributed by atoms with Gasteiger partial charge < -0.3 is 10.0 Å². The van der Waals surface area contributed by atoms with E-state index >= 15 is 0 Å². The Morgan fingerprint density at radius 3 is 2.14 bits per heavy atom. The highest BCUT2D eigenvalue weighted by molar-refractivity contribution is 4.71. The molecule has 14 heavy (non-hydrogen) atoms. The Kier molecular flexibility index (Phi) is 5.66. The molecule has 1 rings (SSSR count). The van der Waals surface area contributed by atoms with E-state index in [2.05, 4.69) is 15.0 Å². The molecule has 0 atom stereocenters. The van der Waals surface area contributed by atoms with Crippen LogP contribution in [0.15, 0.2) is 5.18 Å². The monoisotopic (exact) mass is 201 g/mol. The van der Waals surface area contributed by atoms with Crippen LogP contribution in [0.3, 0.4) is 0 Å². The van der Waals surface area contributed by atoms with Gasteiger partial charge in [-0.2, -0.15) is 4.91 Å². The van der Waals surface area contributed by atoms with Crippen molar-refractivity contribution in [2.45, 2.75) is 6.42 Å². The molecule has 1 saturated heterocycles. The van der Waals surface area contributed by atoms with E-state index in [4.69, 9.17) is 5.11 Å². The molecule has 0 radical (unpaired) electrons. The summed E-state index contributed by atoms with van der Waals surface area (Å²) in [6.07, 6.45) is 0.865. The lowest BCUT2D eigenvalue weighted by atomic mass is 10.3. The zero-order valence-corrected chi connectivity index (χ0v) is 8.56. The van der Waals surface area contributed by atoms with Gasteiger partial charge in [-0.25, -0.2) is 0 Å². The van der Waals surface area contributed by atoms with Crippen molar-refractivity contribution in [1.82, 2.24) is 9.80 Å². The number of nitrogens with zero attached hydrogens (tertiary/aromatic N) is 3. The molecule has 5 nitrogen and oxygen atoms in total. The Hall–Kier alpha value is -0.520. The van der Waals surface area contributed by atoms with E-state index in [0.717, 1.165) is 45.7 Å². The minimum atomic E-state index is 0.245. The van der Waals surface area contributed by atoms with Gasteiger partial charge in [0.25, 0.3) is 0 Å². The van der Waals surface area contributed by atoms with E-state index < -0.39 is 0 Å². The minimum absolute atomic E-state index is 0.245. The fourth-order valence-electron chi connectivity index (χ4n) is 1.74. The second-order valence-corrected chi connectivity index (χ2v) is 3.61. The van der Waals surface area contributed by atoms with Crippen molar-refractivity contribution in [2.24, 2.45) is 5.18 Å². The molecule has 0 aromatic heterocycles. The number of aliphatic hydroxyl groups is 1. The van der Waals surface area contributed by atoms with Crippen molar-refractivity contribution < 1.29 is 5.11 Å². The van der Waals surface area contributed by atoms with Crippen LogP contribution in [-0.2, 0) is 0 Å². The van der Waals surface area contributed by atoms with E-state index in [1.807, 2.05) is 0 Å². The van der Waals surface area contributed by atoms with Gasteiger partial charge >= 0.3 is 0 Å². The average Bonchev–Trinajstić information content (AvgIpc) is 2.21. The molecule has 0 saturated carbocycles. The number of β-amino-alcohol motifs (C(OH)–C–C–N with tert-alkyl or cyclic N) is 1. The van der Waals surface area contributed by atoms with Crippen molar-refractivity contribution in [3.8, 4) is 0 Å². The lowest BCUT2D eigenvalue weighted by molar-refractivity contribution is 0.112. The molecule has 5 heteroatoms. The van der Waals surface area contributed by atoms with Crippen molar-refractivity contribution in [2.75, 3.05) is 52.4 Å². The quantitative estimate of drug-likeness (QED) is 0.476. The standard InChI is InChI=1S/C9H19N3O2/c13-9-8-12-6-4-11(5-7-12)3-1-2-10-14/h13H,1-9H2. The number of hydrogen-bond donors (Lipinski definition) is 1. The molecule has 0 spiro atoms. The smallest absolute Gasteiger partial charge is 0.0823 e. The van der Waals surface area contributed by atoms with Crippen LogP contribution in [0, 0.1) is 4.91 Å². The molecule has 0 aromatic carbocycles. The lowest BCUT2D eigenvalue weighted by Gasteiger charge is -2.34. The molecule has 0 aromatic rings. The van der Waals surface area contributed by atoms with Gasteiger partial charge in [0.2, 0.25) is 0 Å². The number of piperazine rings is 1. The summed E-state index contributed by atoms with van der Waals surface area (Å²) in [7, 11) is 0. The summed E-state index contributed by atoms with van der Waals surface area (Å²) < 4.78 is 0. The third-order valence-electron chi connectivity index (χ3n) is 2.60. The summed E-state index contributed by atoms with van der Waals surface area (Å²) in [5, 5.41) is 11.6. The number of hydrogen-bond acceptors (Lipinski definition) is 5. The third-order valence-corrected chi connectivity index (χ3v) is 2.60. The Morgan fingerprint density at radius 2 is 1.64 bits per heavy atom. The fraction of sp³-hybridized carbons (Fsp3) is 1.00. The van der Waals surface area contributed by atoms with Gasteiger partial charge in [0, 0.05) is 39.3 Å². The van der Waals surface area contributed by atoms with E-state index in [-0.39, 0.29) is 6.61 Å². The Labute approximate surface area is 84.7 Å². The highest BCUT2D eigenvalue weighted by atomic mass is 16.3. The normalized spacial score (nSPS) is 19.8. The highest BCUT2D eigenvalue weighted by Gasteiger charge is 2.15. The molecule has 82 valence electrons. The first-order chi connectivity index (χ1) is 6.86. The molecule has 0 unspecified atom stereocenters. The highest BCUT2D eigenvalue weighted by Crippen LogP contribution is 2.01. The van der Waals surface area contributed by atoms with Crippen molar-refractivity contribution in [3.63, 3.8) is 0 Å². The van der Waals surface area contributed by atoms with Crippen LogP contribution >= 0.6 is 0 Å². The third kappa shape index (κ3) is 4.13. The lowest BCUT2D eigenvalue weighted by Crippen LogP contribution is -2.47. The SMILES string of the molecule is O=NCCCN1CCN(CCO)CC1. The van der Waals surface area contributed by atoms with Crippen LogP contribution in [0.25, 0.3) is 0 Å². The van der Waals surface area contributed by atoms with Crippen molar-refractivity contribution in [1.29, 1.82) is 0 Å². The molecule has 1 heterocycles. The van der Waals surface area contributed by atoms with Gasteiger partial charge in [-0.1, -0.05) is 5.18 Å². The van der Waals surface area contributed by atoms with Crippen LogP contribution in [0.1, 0.15) is 6.42 Å². The van der Waals surface area contributed by atoms with Gasteiger partial charge in [0.1, 0.15) is 0 Å². The van der Waals surface area contributed by atoms with Gasteiger partial charge in [-0.3, -0.25) is 4.90 Å². The number of aliphatic hydroxyl groups excluding tert-OH is 1. The van der Waals surface area contributed by atoms with Crippen LogP contribution in [-0.4, -0.2) is 67.3 Å². The van der Waals surface area contributed by atoms with Gasteiger partial charge in [-0.05, 0) is 6.42 Å².